The molecule has 642 valence electrons. The molecule has 138 heavy (non-hydrogen) atoms. The van der Waals surface area contributed by atoms with Gasteiger partial charge in [0.1, 0.15) is 0 Å². The van der Waals surface area contributed by atoms with Gasteiger partial charge in [-0.3, -0.25) is 0 Å². The Labute approximate surface area is 794 Å². The molecule has 0 unspecified atom stereocenters. The first-order chi connectivity index (χ1) is 68.4. The van der Waals surface area contributed by atoms with Crippen LogP contribution in [-0.4, -0.2) is 37.4 Å². The smallest absolute Gasteiger partial charge is 0.160 e. The van der Waals surface area contributed by atoms with Gasteiger partial charge in [0.25, 0.3) is 0 Å². The van der Waals surface area contributed by atoms with Gasteiger partial charge in [-0.25, -0.2) is 9.97 Å². The molecule has 0 N–H and O–H groups in total. The number of aromatic nitrogens is 8. The minimum Gasteiger partial charge on any atom is -0.309 e. The standard InChI is InChI=1S/C130H82N8/c1-6-26-83(27-7-1)86-28-24-29-87(72-86)88-30-25-31-97(73-88)130-131-116(84-48-60-102(61-49-84)137-126-68-56-93(89-52-64-122-108(74-89)104-40-16-20-44-118(104)133(122)98-32-8-2-9-33-98)78-112(126)113-79-94(57-69-127(113)137)90-53-65-123-109(75-90)105-41-17-21-45-119(105)134(123)99-34-10-3-11-35-99)82-117(132-130)85-50-62-103(63-51-85)138-128-70-58-95(91-54-66-124-110(76-91)106-42-18-22-46-120(106)135(124)100-36-12-4-13-37-100)80-114(128)115-81-96(59-71-129(115)138)92-55-67-125-111(77-92)107-43-19-23-47-121(107)136(125)101-38-14-5-15-39-101/h1-82H. The summed E-state index contributed by atoms with van der Waals surface area (Å²) in [6.07, 6.45) is 0. The quantitative estimate of drug-likeness (QED) is 0.103. The van der Waals surface area contributed by atoms with Crippen molar-refractivity contribution in [3.8, 4) is 135 Å². The maximum atomic E-state index is 5.61. The summed E-state index contributed by atoms with van der Waals surface area (Å²) in [6, 6.07) is 183. The van der Waals surface area contributed by atoms with Gasteiger partial charge in [0.2, 0.25) is 0 Å². The fourth-order valence-corrected chi connectivity index (χ4v) is 22.1. The van der Waals surface area contributed by atoms with Crippen molar-refractivity contribution in [2.45, 2.75) is 0 Å². The largest absolute Gasteiger partial charge is 0.309 e. The van der Waals surface area contributed by atoms with E-state index < -0.39 is 0 Å². The molecule has 21 aromatic carbocycles. The monoisotopic (exact) mass is 1750 g/mol. The lowest BCUT2D eigenvalue weighted by molar-refractivity contribution is 1.16. The molecule has 0 aliphatic heterocycles. The molecule has 0 aliphatic rings. The second kappa shape index (κ2) is 31.6. The van der Waals surface area contributed by atoms with E-state index in [1.165, 1.54) is 92.8 Å². The van der Waals surface area contributed by atoms with Crippen LogP contribution in [0.5, 0.6) is 0 Å². The van der Waals surface area contributed by atoms with Crippen molar-refractivity contribution in [3.05, 3.63) is 497 Å². The third kappa shape index (κ3) is 12.8. The van der Waals surface area contributed by atoms with Crippen LogP contribution < -0.4 is 0 Å². The van der Waals surface area contributed by atoms with Gasteiger partial charge in [-0.1, -0.05) is 285 Å². The van der Waals surface area contributed by atoms with E-state index in [2.05, 4.69) is 525 Å². The lowest BCUT2D eigenvalue weighted by atomic mass is 9.98. The summed E-state index contributed by atoms with van der Waals surface area (Å²) >= 11 is 0. The first-order valence-electron chi connectivity index (χ1n) is 47.3. The van der Waals surface area contributed by atoms with Crippen molar-refractivity contribution in [1.82, 2.24) is 37.4 Å². The van der Waals surface area contributed by atoms with Crippen LogP contribution in [0.15, 0.2) is 497 Å². The average Bonchev–Trinajstić information content (AvgIpc) is 1.58. The van der Waals surface area contributed by atoms with Crippen LogP contribution in [0.1, 0.15) is 0 Å². The van der Waals surface area contributed by atoms with Crippen LogP contribution in [0.2, 0.25) is 0 Å². The molecule has 0 saturated carbocycles. The fourth-order valence-electron chi connectivity index (χ4n) is 22.1. The second-order valence-electron chi connectivity index (χ2n) is 36.4. The summed E-state index contributed by atoms with van der Waals surface area (Å²) in [7, 11) is 0. The van der Waals surface area contributed by atoms with E-state index in [0.29, 0.717) is 5.82 Å². The minimum atomic E-state index is 0.629. The van der Waals surface area contributed by atoms with Crippen LogP contribution in [0, 0.1) is 0 Å². The molecular weight excluding hydrogens is 1670 g/mol. The molecule has 0 bridgehead atoms. The third-order valence-electron chi connectivity index (χ3n) is 28.6. The summed E-state index contributed by atoms with van der Waals surface area (Å²) in [5, 5.41) is 14.4. The normalized spacial score (nSPS) is 11.9. The number of rotatable bonds is 15. The minimum absolute atomic E-state index is 0.629. The molecule has 8 heteroatoms. The molecular formula is C130H82N8. The molecule has 7 aromatic heterocycles. The Morgan fingerprint density at radius 3 is 0.558 bits per heavy atom. The topological polar surface area (TPSA) is 55.4 Å². The molecule has 0 spiro atoms. The van der Waals surface area contributed by atoms with Crippen molar-refractivity contribution in [1.29, 1.82) is 0 Å². The number of para-hydroxylation sites is 8. The van der Waals surface area contributed by atoms with E-state index in [1.807, 2.05) is 0 Å². The average molecular weight is 1760 g/mol. The molecule has 0 atom stereocenters. The lowest BCUT2D eigenvalue weighted by Crippen LogP contribution is -1.98. The highest BCUT2D eigenvalue weighted by Crippen LogP contribution is 2.47. The molecule has 0 amide bonds. The van der Waals surface area contributed by atoms with Crippen molar-refractivity contribution < 1.29 is 0 Å². The first kappa shape index (κ1) is 78.2. The Balaban J connectivity index is 0.582. The number of hydrogen-bond acceptors (Lipinski definition) is 2. The van der Waals surface area contributed by atoms with E-state index in [1.54, 1.807) is 0 Å². The van der Waals surface area contributed by atoms with E-state index >= 15 is 0 Å². The van der Waals surface area contributed by atoms with Crippen molar-refractivity contribution >= 4 is 131 Å². The Morgan fingerprint density at radius 2 is 0.290 bits per heavy atom. The Morgan fingerprint density at radius 1 is 0.109 bits per heavy atom. The highest BCUT2D eigenvalue weighted by atomic mass is 15.0. The maximum absolute atomic E-state index is 5.61. The SMILES string of the molecule is c1ccc(-c2cccc(-c3cccc(-c4nc(-c5ccc(-n6c7ccc(-c8ccc9c(c8)c8ccccc8n9-c8ccccc8)cc7c7cc(-c8ccc9c(c8)c8ccccc8n9-c8ccccc8)ccc76)cc5)cc(-c5ccc(-n6c7ccc(-c8ccc9c(c8)c8ccccc8n9-c8ccccc8)cc7c7cc(-c8ccc9c(c8)c8ccccc8n9-c8ccccc8)ccc76)cc5)n4)c3)c2)cc1. The molecule has 28 aromatic rings. The van der Waals surface area contributed by atoms with E-state index in [-0.39, 0.29) is 0 Å². The summed E-state index contributed by atoms with van der Waals surface area (Å²) < 4.78 is 14.5. The molecule has 0 fully saturated rings. The molecule has 8 nitrogen and oxygen atoms in total. The zero-order chi connectivity index (χ0) is 90.6. The van der Waals surface area contributed by atoms with Crippen molar-refractivity contribution in [2.75, 3.05) is 0 Å². The summed E-state index contributed by atoms with van der Waals surface area (Å²) in [5.41, 5.74) is 38.7. The van der Waals surface area contributed by atoms with Gasteiger partial charge in [0.05, 0.1) is 77.6 Å². The summed E-state index contributed by atoms with van der Waals surface area (Å²) in [5.74, 6) is 0.629. The first-order valence-corrected chi connectivity index (χ1v) is 47.3. The Hall–Kier alpha value is -18.5. The third-order valence-corrected chi connectivity index (χ3v) is 28.6. The van der Waals surface area contributed by atoms with Crippen LogP contribution in [0.4, 0.5) is 0 Å². The van der Waals surface area contributed by atoms with E-state index in [4.69, 9.17) is 9.97 Å². The van der Waals surface area contributed by atoms with Gasteiger partial charge in [-0.05, 0) is 279 Å². The number of benzene rings is 21. The molecule has 28 rings (SSSR count). The predicted octanol–water partition coefficient (Wildman–Crippen LogP) is 34.1. The van der Waals surface area contributed by atoms with Crippen LogP contribution in [0.3, 0.4) is 0 Å². The summed E-state index contributed by atoms with van der Waals surface area (Å²) in [6.45, 7) is 0. The highest BCUT2D eigenvalue weighted by molar-refractivity contribution is 6.18. The molecule has 7 heterocycles. The predicted molar refractivity (Wildman–Crippen MR) is 577 cm³/mol. The molecule has 0 saturated heterocycles. The number of fused-ring (bicyclic) bond motifs is 18. The maximum Gasteiger partial charge on any atom is 0.160 e. The Bertz CT molecular complexity index is 8870. The van der Waals surface area contributed by atoms with E-state index in [9.17, 15) is 0 Å². The van der Waals surface area contributed by atoms with E-state index in [0.717, 1.165) is 167 Å². The zero-order valence-corrected chi connectivity index (χ0v) is 74.9. The zero-order valence-electron chi connectivity index (χ0n) is 74.9. The number of nitrogens with zero attached hydrogens (tertiary/aromatic N) is 8. The number of hydrogen-bond donors (Lipinski definition) is 0. The van der Waals surface area contributed by atoms with Gasteiger partial charge >= 0.3 is 0 Å². The van der Waals surface area contributed by atoms with Gasteiger partial charge in [-0.15, -0.1) is 0 Å². The lowest BCUT2D eigenvalue weighted by Gasteiger charge is -2.13. The second-order valence-corrected chi connectivity index (χ2v) is 36.4. The van der Waals surface area contributed by atoms with Gasteiger partial charge in [0.15, 0.2) is 5.82 Å². The van der Waals surface area contributed by atoms with Crippen molar-refractivity contribution in [3.63, 3.8) is 0 Å². The van der Waals surface area contributed by atoms with Crippen LogP contribution >= 0.6 is 0 Å². The van der Waals surface area contributed by atoms with Gasteiger partial charge in [-0.2, -0.15) is 0 Å². The highest BCUT2D eigenvalue weighted by Gasteiger charge is 2.25. The summed E-state index contributed by atoms with van der Waals surface area (Å²) in [4.78, 5) is 11.2. The van der Waals surface area contributed by atoms with Crippen molar-refractivity contribution in [2.24, 2.45) is 0 Å². The van der Waals surface area contributed by atoms with Gasteiger partial charge in [0, 0.05) is 115 Å². The molecule has 0 radical (unpaired) electrons. The molecule has 0 aliphatic carbocycles. The van der Waals surface area contributed by atoms with Crippen LogP contribution in [-0.2, 0) is 0 Å². The Kier molecular flexibility index (Phi) is 17.9. The van der Waals surface area contributed by atoms with Crippen LogP contribution in [0.25, 0.3) is 266 Å². The van der Waals surface area contributed by atoms with Gasteiger partial charge < -0.3 is 27.4 Å². The fraction of sp³-hybridized carbons (Fsp3) is 0.